The van der Waals surface area contributed by atoms with Gasteiger partial charge in [0.05, 0.1) is 11.3 Å². The molecular formula is C29H29F4N5O2. The summed E-state index contributed by atoms with van der Waals surface area (Å²) in [6, 6.07) is 19.9. The molecule has 1 fully saturated rings. The first-order chi connectivity index (χ1) is 19.0. The first-order valence-electron chi connectivity index (χ1n) is 12.4. The van der Waals surface area contributed by atoms with Gasteiger partial charge in [0, 0.05) is 36.3 Å². The molecule has 0 aliphatic carbocycles. The molecule has 0 aromatic heterocycles. The molecule has 0 radical (unpaired) electrons. The minimum atomic E-state index is -4.59. The second-order valence-corrected chi connectivity index (χ2v) is 8.67. The Morgan fingerprint density at radius 2 is 1.65 bits per heavy atom. The zero-order chi connectivity index (χ0) is 29.3. The van der Waals surface area contributed by atoms with E-state index in [1.54, 1.807) is 49.4 Å². The van der Waals surface area contributed by atoms with Gasteiger partial charge in [-0.15, -0.1) is 0 Å². The topological polar surface area (TPSA) is 114 Å². The zero-order valence-corrected chi connectivity index (χ0v) is 21.7. The Bertz CT molecular complexity index is 1380. The van der Waals surface area contributed by atoms with E-state index in [0.29, 0.717) is 22.8 Å². The first kappa shape index (κ1) is 30.0. The number of nitrogens with two attached hydrogens (primary N) is 2. The van der Waals surface area contributed by atoms with Gasteiger partial charge in [0.1, 0.15) is 17.7 Å². The average molecular weight is 556 g/mol. The Balaban J connectivity index is 0.000000547. The molecule has 1 aliphatic heterocycles. The number of para-hydroxylation sites is 1. The number of carbonyl (C=O) groups excluding carboxylic acids is 2. The van der Waals surface area contributed by atoms with E-state index in [0.717, 1.165) is 18.2 Å². The predicted molar refractivity (Wildman–Crippen MR) is 145 cm³/mol. The molecule has 210 valence electrons. The van der Waals surface area contributed by atoms with Crippen molar-refractivity contribution in [2.45, 2.75) is 25.6 Å². The number of likely N-dealkylation sites (tertiary alicyclic amines) is 1. The molecule has 1 aliphatic rings. The third-order valence-electron chi connectivity index (χ3n) is 5.90. The van der Waals surface area contributed by atoms with Gasteiger partial charge in [-0.1, -0.05) is 42.5 Å². The van der Waals surface area contributed by atoms with Crippen LogP contribution in [0.15, 0.2) is 101 Å². The highest BCUT2D eigenvalue weighted by Gasteiger charge is 2.38. The highest BCUT2D eigenvalue weighted by Crippen LogP contribution is 2.30. The van der Waals surface area contributed by atoms with Crippen LogP contribution in [0.2, 0.25) is 0 Å². The molecule has 2 amide bonds. The number of benzene rings is 3. The van der Waals surface area contributed by atoms with Crippen LogP contribution in [0.5, 0.6) is 0 Å². The Kier molecular flexibility index (Phi) is 10.2. The molecule has 3 aromatic carbocycles. The number of nitrogens with one attached hydrogen (secondary N) is 1. The van der Waals surface area contributed by atoms with E-state index < -0.39 is 29.6 Å². The van der Waals surface area contributed by atoms with E-state index >= 15 is 0 Å². The van der Waals surface area contributed by atoms with Crippen LogP contribution in [-0.4, -0.2) is 41.7 Å². The number of carbonyl (C=O) groups is 2. The number of likely N-dealkylation sites (N-methyl/N-ethyl adjacent to an activating group) is 1. The van der Waals surface area contributed by atoms with Crippen LogP contribution in [0.4, 0.5) is 23.2 Å². The number of halogens is 4. The molecule has 7 nitrogen and oxygen atoms in total. The molecule has 0 bridgehead atoms. The summed E-state index contributed by atoms with van der Waals surface area (Å²) in [5.74, 6) is -1.09. The summed E-state index contributed by atoms with van der Waals surface area (Å²) in [6.07, 6.45) is -4.58. The summed E-state index contributed by atoms with van der Waals surface area (Å²) in [4.78, 5) is 31.8. The van der Waals surface area contributed by atoms with Crippen LogP contribution in [0.1, 0.15) is 29.3 Å². The van der Waals surface area contributed by atoms with Crippen molar-refractivity contribution in [2.24, 2.45) is 16.5 Å². The lowest BCUT2D eigenvalue weighted by atomic mass is 9.95. The van der Waals surface area contributed by atoms with Gasteiger partial charge >= 0.3 is 6.18 Å². The number of piperidine rings is 1. The Labute approximate surface area is 229 Å². The minimum absolute atomic E-state index is 0.00316. The normalized spacial score (nSPS) is 17.6. The van der Waals surface area contributed by atoms with Crippen molar-refractivity contribution in [3.63, 3.8) is 0 Å². The molecule has 1 heterocycles. The molecule has 0 spiro atoms. The fraction of sp³-hybridized carbons (Fsp3) is 0.207. The number of hydrogen-bond donors (Lipinski definition) is 3. The van der Waals surface area contributed by atoms with Crippen molar-refractivity contribution in [1.29, 1.82) is 0 Å². The lowest BCUT2D eigenvalue weighted by molar-refractivity contribution is -0.137. The molecule has 0 saturated carbocycles. The van der Waals surface area contributed by atoms with Crippen molar-refractivity contribution in [1.82, 2.24) is 10.2 Å². The first-order valence-corrected chi connectivity index (χ1v) is 12.4. The third-order valence-corrected chi connectivity index (χ3v) is 5.90. The molecule has 3 aromatic rings. The van der Waals surface area contributed by atoms with E-state index in [-0.39, 0.29) is 30.9 Å². The van der Waals surface area contributed by atoms with Gasteiger partial charge in [-0.25, -0.2) is 9.38 Å². The lowest BCUT2D eigenvalue weighted by Gasteiger charge is -2.35. The van der Waals surface area contributed by atoms with Crippen LogP contribution in [0.3, 0.4) is 0 Å². The van der Waals surface area contributed by atoms with Crippen molar-refractivity contribution < 1.29 is 27.2 Å². The van der Waals surface area contributed by atoms with Crippen LogP contribution < -0.4 is 16.8 Å². The number of amides is 2. The van der Waals surface area contributed by atoms with Gasteiger partial charge in [0.25, 0.3) is 11.8 Å². The molecule has 1 saturated heterocycles. The summed E-state index contributed by atoms with van der Waals surface area (Å²) >= 11 is 0. The summed E-state index contributed by atoms with van der Waals surface area (Å²) in [5, 5.41) is 2.54. The molecule has 40 heavy (non-hydrogen) atoms. The molecular weight excluding hydrogens is 526 g/mol. The van der Waals surface area contributed by atoms with Crippen LogP contribution in [-0.2, 0) is 11.0 Å². The zero-order valence-electron chi connectivity index (χ0n) is 21.7. The fourth-order valence-corrected chi connectivity index (χ4v) is 3.90. The van der Waals surface area contributed by atoms with Crippen LogP contribution in [0.25, 0.3) is 0 Å². The van der Waals surface area contributed by atoms with Crippen molar-refractivity contribution in [2.75, 3.05) is 13.1 Å². The predicted octanol–water partition coefficient (Wildman–Crippen LogP) is 4.78. The summed E-state index contributed by atoms with van der Waals surface area (Å²) < 4.78 is 50.9. The van der Waals surface area contributed by atoms with E-state index in [1.807, 2.05) is 6.07 Å². The highest BCUT2D eigenvalue weighted by molar-refractivity contribution is 6.14. The highest BCUT2D eigenvalue weighted by atomic mass is 19.4. The standard InChI is InChI=1S/C23H24F3N5O2.C6H5F/c1-2-31-20(29-16-9-4-3-5-10-16)17(18(28)13-27)12-19(22(31)33)30-21(32)14-7-6-8-15(11-14)23(24,25)26;7-6-4-2-1-3-5-6/h3-11,19H,2,12-13,27-28H2,1H3,(H,30,32);1-5H/b18-17-,29-20?;. The summed E-state index contributed by atoms with van der Waals surface area (Å²) in [6.45, 7) is 1.98. The molecule has 1 atom stereocenters. The van der Waals surface area contributed by atoms with Crippen LogP contribution in [0, 0.1) is 5.82 Å². The minimum Gasteiger partial charge on any atom is -0.401 e. The number of amidine groups is 1. The maximum atomic E-state index is 13.2. The second-order valence-electron chi connectivity index (χ2n) is 8.67. The average Bonchev–Trinajstić information content (AvgIpc) is 2.95. The second kappa shape index (κ2) is 13.5. The molecule has 5 N–H and O–H groups in total. The van der Waals surface area contributed by atoms with Crippen LogP contribution >= 0.6 is 0 Å². The molecule has 1 unspecified atom stereocenters. The van der Waals surface area contributed by atoms with Gasteiger partial charge in [-0.05, 0) is 49.4 Å². The Morgan fingerprint density at radius 3 is 2.17 bits per heavy atom. The monoisotopic (exact) mass is 555 g/mol. The lowest BCUT2D eigenvalue weighted by Crippen LogP contribution is -2.55. The van der Waals surface area contributed by atoms with E-state index in [9.17, 15) is 27.2 Å². The smallest absolute Gasteiger partial charge is 0.401 e. The maximum Gasteiger partial charge on any atom is 0.416 e. The van der Waals surface area contributed by atoms with Gasteiger partial charge in [0.15, 0.2) is 0 Å². The van der Waals surface area contributed by atoms with Crippen molar-refractivity contribution in [3.05, 3.63) is 113 Å². The Morgan fingerprint density at radius 1 is 1.02 bits per heavy atom. The number of rotatable bonds is 5. The summed E-state index contributed by atoms with van der Waals surface area (Å²) in [7, 11) is 0. The van der Waals surface area contributed by atoms with Gasteiger partial charge in [0.2, 0.25) is 0 Å². The number of hydrogen-bond acceptors (Lipinski definition) is 5. The quantitative estimate of drug-likeness (QED) is 0.393. The summed E-state index contributed by atoms with van der Waals surface area (Å²) in [5.41, 5.74) is 12.1. The molecule has 4 rings (SSSR count). The SMILES string of the molecule is CCN1C(=O)C(NC(=O)c2cccc(C(F)(F)F)c2)C/C(=C(/N)CN)C1=Nc1ccccc1.Fc1ccccc1. The van der Waals surface area contributed by atoms with Gasteiger partial charge in [-0.3, -0.25) is 14.5 Å². The van der Waals surface area contributed by atoms with E-state index in [2.05, 4.69) is 10.3 Å². The van der Waals surface area contributed by atoms with Gasteiger partial charge < -0.3 is 16.8 Å². The van der Waals surface area contributed by atoms with Gasteiger partial charge in [-0.2, -0.15) is 13.2 Å². The number of nitrogens with zero attached hydrogens (tertiary/aromatic N) is 2. The number of aliphatic imine (C=N–C) groups is 1. The van der Waals surface area contributed by atoms with Crippen molar-refractivity contribution >= 4 is 23.3 Å². The maximum absolute atomic E-state index is 13.2. The Hall–Kier alpha value is -4.51. The fourth-order valence-electron chi connectivity index (χ4n) is 3.90. The third kappa shape index (κ3) is 7.76. The van der Waals surface area contributed by atoms with Crippen molar-refractivity contribution in [3.8, 4) is 0 Å². The van der Waals surface area contributed by atoms with E-state index in [4.69, 9.17) is 11.5 Å². The molecule has 11 heteroatoms. The van der Waals surface area contributed by atoms with E-state index in [1.165, 1.54) is 23.1 Å². The number of alkyl halides is 3. The largest absolute Gasteiger partial charge is 0.416 e.